The van der Waals surface area contributed by atoms with Crippen molar-refractivity contribution in [3.63, 3.8) is 0 Å². The van der Waals surface area contributed by atoms with Crippen LogP contribution in [0.25, 0.3) is 10.9 Å². The van der Waals surface area contributed by atoms with E-state index in [0.717, 1.165) is 5.56 Å². The standard InChI is InChI=1S/C20H21N3O3/c1-14(2)11-22-20-17-10-16(26-13-15-6-4-3-5-7-15)8-9-18(17)21-12-19(20)23(24)25/h3-10,12,14H,11,13H2,1-2H3,(H,21,22). The van der Waals surface area contributed by atoms with Crippen molar-refractivity contribution in [3.05, 3.63) is 70.4 Å². The maximum Gasteiger partial charge on any atom is 0.311 e. The molecule has 26 heavy (non-hydrogen) atoms. The Hall–Kier alpha value is -3.15. The van der Waals surface area contributed by atoms with E-state index in [1.54, 1.807) is 6.07 Å². The van der Waals surface area contributed by atoms with Gasteiger partial charge in [0.15, 0.2) is 0 Å². The molecular weight excluding hydrogens is 330 g/mol. The summed E-state index contributed by atoms with van der Waals surface area (Å²) in [5.74, 6) is 1.01. The Bertz CT molecular complexity index is 911. The predicted octanol–water partition coefficient (Wildman–Crippen LogP) is 4.79. The highest BCUT2D eigenvalue weighted by Gasteiger charge is 2.18. The fourth-order valence-corrected chi connectivity index (χ4v) is 2.62. The van der Waals surface area contributed by atoms with Crippen LogP contribution in [0.15, 0.2) is 54.7 Å². The quantitative estimate of drug-likeness (QED) is 0.489. The van der Waals surface area contributed by atoms with Crippen LogP contribution >= 0.6 is 0 Å². The molecule has 0 aliphatic carbocycles. The Morgan fingerprint density at radius 3 is 2.65 bits per heavy atom. The van der Waals surface area contributed by atoms with Crippen molar-refractivity contribution in [3.8, 4) is 5.75 Å². The van der Waals surface area contributed by atoms with E-state index in [4.69, 9.17) is 4.74 Å². The third-order valence-corrected chi connectivity index (χ3v) is 3.95. The number of aromatic nitrogens is 1. The number of fused-ring (bicyclic) bond motifs is 1. The molecule has 0 aliphatic rings. The van der Waals surface area contributed by atoms with Gasteiger partial charge in [0.1, 0.15) is 24.2 Å². The van der Waals surface area contributed by atoms with Gasteiger partial charge in [-0.1, -0.05) is 44.2 Å². The fraction of sp³-hybridized carbons (Fsp3) is 0.250. The number of benzene rings is 2. The minimum absolute atomic E-state index is 0.0293. The van der Waals surface area contributed by atoms with Crippen molar-refractivity contribution in [2.24, 2.45) is 5.92 Å². The fourth-order valence-electron chi connectivity index (χ4n) is 2.62. The van der Waals surface area contributed by atoms with Gasteiger partial charge in [0, 0.05) is 11.9 Å². The highest BCUT2D eigenvalue weighted by Crippen LogP contribution is 2.34. The van der Waals surface area contributed by atoms with Crippen LogP contribution in [0.5, 0.6) is 5.75 Å². The van der Waals surface area contributed by atoms with E-state index < -0.39 is 4.92 Å². The molecule has 0 radical (unpaired) electrons. The lowest BCUT2D eigenvalue weighted by atomic mass is 10.1. The van der Waals surface area contributed by atoms with Gasteiger partial charge in [-0.05, 0) is 29.7 Å². The average molecular weight is 351 g/mol. The third-order valence-electron chi connectivity index (χ3n) is 3.95. The second kappa shape index (κ2) is 7.82. The molecule has 0 unspecified atom stereocenters. The van der Waals surface area contributed by atoms with E-state index in [2.05, 4.69) is 24.1 Å². The number of hydrogen-bond donors (Lipinski definition) is 1. The van der Waals surface area contributed by atoms with Gasteiger partial charge < -0.3 is 10.1 Å². The summed E-state index contributed by atoms with van der Waals surface area (Å²) in [4.78, 5) is 15.2. The van der Waals surface area contributed by atoms with E-state index in [-0.39, 0.29) is 5.69 Å². The summed E-state index contributed by atoms with van der Waals surface area (Å²) in [6.45, 7) is 5.17. The molecule has 0 bridgehead atoms. The van der Waals surface area contributed by atoms with Crippen LogP contribution in [0.1, 0.15) is 19.4 Å². The van der Waals surface area contributed by atoms with Crippen LogP contribution in [0.3, 0.4) is 0 Å². The van der Waals surface area contributed by atoms with Crippen molar-refractivity contribution in [1.82, 2.24) is 4.98 Å². The highest BCUT2D eigenvalue weighted by atomic mass is 16.6. The second-order valence-corrected chi connectivity index (χ2v) is 6.50. The largest absolute Gasteiger partial charge is 0.489 e. The second-order valence-electron chi connectivity index (χ2n) is 6.50. The zero-order valence-electron chi connectivity index (χ0n) is 14.8. The molecule has 134 valence electrons. The summed E-state index contributed by atoms with van der Waals surface area (Å²) >= 11 is 0. The normalized spacial score (nSPS) is 10.9. The molecule has 6 heteroatoms. The van der Waals surface area contributed by atoms with Gasteiger partial charge in [0.25, 0.3) is 0 Å². The molecule has 1 aromatic heterocycles. The van der Waals surface area contributed by atoms with Crippen LogP contribution < -0.4 is 10.1 Å². The van der Waals surface area contributed by atoms with Crippen LogP contribution in [-0.2, 0) is 6.61 Å². The molecule has 0 atom stereocenters. The van der Waals surface area contributed by atoms with Gasteiger partial charge in [-0.2, -0.15) is 0 Å². The molecule has 0 saturated heterocycles. The van der Waals surface area contributed by atoms with Crippen molar-refractivity contribution in [2.75, 3.05) is 11.9 Å². The van der Waals surface area contributed by atoms with Gasteiger partial charge >= 0.3 is 5.69 Å². The van der Waals surface area contributed by atoms with Crippen LogP contribution in [0.2, 0.25) is 0 Å². The number of pyridine rings is 1. The summed E-state index contributed by atoms with van der Waals surface area (Å²) in [5.41, 5.74) is 2.20. The SMILES string of the molecule is CC(C)CNc1c([N+](=O)[O-])cnc2ccc(OCc3ccccc3)cc12. The van der Waals surface area contributed by atoms with Crippen molar-refractivity contribution in [2.45, 2.75) is 20.5 Å². The summed E-state index contributed by atoms with van der Waals surface area (Å²) in [7, 11) is 0. The summed E-state index contributed by atoms with van der Waals surface area (Å²) in [6, 6.07) is 15.3. The monoisotopic (exact) mass is 351 g/mol. The number of nitrogens with zero attached hydrogens (tertiary/aromatic N) is 2. The van der Waals surface area contributed by atoms with Crippen LogP contribution in [0, 0.1) is 16.0 Å². The zero-order chi connectivity index (χ0) is 18.5. The Labute approximate surface area is 152 Å². The average Bonchev–Trinajstić information content (AvgIpc) is 2.64. The van der Waals surface area contributed by atoms with Crippen LogP contribution in [-0.4, -0.2) is 16.5 Å². The summed E-state index contributed by atoms with van der Waals surface area (Å²) in [6.07, 6.45) is 1.30. The van der Waals surface area contributed by atoms with E-state index in [1.807, 2.05) is 42.5 Å². The molecule has 6 nitrogen and oxygen atoms in total. The molecule has 1 N–H and O–H groups in total. The molecule has 0 amide bonds. The molecule has 3 aromatic rings. The summed E-state index contributed by atoms with van der Waals surface area (Å²) < 4.78 is 5.86. The number of nitro groups is 1. The number of hydrogen-bond acceptors (Lipinski definition) is 5. The molecule has 0 spiro atoms. The van der Waals surface area contributed by atoms with E-state index in [9.17, 15) is 10.1 Å². The Kier molecular flexibility index (Phi) is 5.31. The lowest BCUT2D eigenvalue weighted by Gasteiger charge is -2.13. The summed E-state index contributed by atoms with van der Waals surface area (Å²) in [5, 5.41) is 15.3. The molecule has 0 saturated carbocycles. The first-order valence-electron chi connectivity index (χ1n) is 8.52. The van der Waals surface area contributed by atoms with Gasteiger partial charge in [0.05, 0.1) is 10.4 Å². The minimum Gasteiger partial charge on any atom is -0.489 e. The first-order valence-corrected chi connectivity index (χ1v) is 8.52. The van der Waals surface area contributed by atoms with Gasteiger partial charge in [-0.25, -0.2) is 4.98 Å². The Balaban J connectivity index is 1.94. The van der Waals surface area contributed by atoms with Crippen molar-refractivity contribution >= 4 is 22.3 Å². The first-order chi connectivity index (χ1) is 12.5. The van der Waals surface area contributed by atoms with E-state index in [1.165, 1.54) is 6.20 Å². The maximum atomic E-state index is 11.4. The molecule has 0 fully saturated rings. The molecule has 3 rings (SSSR count). The molecule has 1 heterocycles. The van der Waals surface area contributed by atoms with E-state index >= 15 is 0 Å². The third kappa shape index (κ3) is 4.08. The Morgan fingerprint density at radius 2 is 1.96 bits per heavy atom. The maximum absolute atomic E-state index is 11.4. The van der Waals surface area contributed by atoms with E-state index in [0.29, 0.717) is 41.4 Å². The van der Waals surface area contributed by atoms with Gasteiger partial charge in [0.2, 0.25) is 0 Å². The molecular formula is C20H21N3O3. The minimum atomic E-state index is -0.410. The lowest BCUT2D eigenvalue weighted by molar-refractivity contribution is -0.384. The Morgan fingerprint density at radius 1 is 1.19 bits per heavy atom. The first kappa shape index (κ1) is 17.7. The zero-order valence-corrected chi connectivity index (χ0v) is 14.8. The van der Waals surface area contributed by atoms with Gasteiger partial charge in [-0.15, -0.1) is 0 Å². The number of rotatable bonds is 7. The number of nitrogens with one attached hydrogen (secondary N) is 1. The predicted molar refractivity (Wildman–Crippen MR) is 102 cm³/mol. The number of anilines is 1. The smallest absolute Gasteiger partial charge is 0.311 e. The number of ether oxygens (including phenoxy) is 1. The lowest BCUT2D eigenvalue weighted by Crippen LogP contribution is -2.10. The molecule has 2 aromatic carbocycles. The van der Waals surface area contributed by atoms with Gasteiger partial charge in [-0.3, -0.25) is 10.1 Å². The molecule has 0 aliphatic heterocycles. The van der Waals surface area contributed by atoms with Crippen LogP contribution in [0.4, 0.5) is 11.4 Å². The van der Waals surface area contributed by atoms with Crippen molar-refractivity contribution < 1.29 is 9.66 Å². The topological polar surface area (TPSA) is 77.3 Å². The highest BCUT2D eigenvalue weighted by molar-refractivity contribution is 5.96. The van der Waals surface area contributed by atoms with Crippen molar-refractivity contribution in [1.29, 1.82) is 0 Å².